The Balaban J connectivity index is 1.02. The Labute approximate surface area is 487 Å². The van der Waals surface area contributed by atoms with Gasteiger partial charge in [0.2, 0.25) is 0 Å². The van der Waals surface area contributed by atoms with Crippen molar-refractivity contribution in [2.24, 2.45) is 50.2 Å². The van der Waals surface area contributed by atoms with Crippen molar-refractivity contribution >= 4 is 18.2 Å². The van der Waals surface area contributed by atoms with E-state index in [1.54, 1.807) is 26.8 Å². The third kappa shape index (κ3) is 10.6. The Morgan fingerprint density at radius 2 is 1.36 bits per heavy atom. The fourth-order valence-corrected chi connectivity index (χ4v) is 16.9. The first-order valence-corrected chi connectivity index (χ1v) is 29.4. The summed E-state index contributed by atoms with van der Waals surface area (Å²) < 4.78 is 54.2. The summed E-state index contributed by atoms with van der Waals surface area (Å²) in [6, 6.07) is 0. The summed E-state index contributed by atoms with van der Waals surface area (Å²) in [5, 5.41) is 155. The van der Waals surface area contributed by atoms with Crippen LogP contribution in [-0.2, 0) is 57.0 Å². The molecule has 0 aromatic rings. The predicted molar refractivity (Wildman–Crippen MR) is 284 cm³/mol. The van der Waals surface area contributed by atoms with Crippen LogP contribution < -0.4 is 0 Å². The second-order valence-electron chi connectivity index (χ2n) is 27.1. The molecule has 26 nitrogen and oxygen atoms in total. The van der Waals surface area contributed by atoms with Gasteiger partial charge in [0.25, 0.3) is 0 Å². The lowest BCUT2D eigenvalue weighted by molar-refractivity contribution is -0.378. The predicted octanol–water partition coefficient (Wildman–Crippen LogP) is -2.54. The maximum Gasteiger partial charge on any atom is 0.335 e. The minimum Gasteiger partial charge on any atom is -0.479 e. The molecule has 9 aliphatic rings. The summed E-state index contributed by atoms with van der Waals surface area (Å²) in [4.78, 5) is 40.4. The molecule has 478 valence electrons. The summed E-state index contributed by atoms with van der Waals surface area (Å²) >= 11 is 0. The Morgan fingerprint density at radius 3 is 2.00 bits per heavy atom. The van der Waals surface area contributed by atoms with E-state index in [1.807, 2.05) is 13.8 Å². The minimum atomic E-state index is -2.17. The first kappa shape index (κ1) is 65.7. The molecule has 4 saturated heterocycles. The molecule has 84 heavy (non-hydrogen) atoms. The van der Waals surface area contributed by atoms with E-state index in [2.05, 4.69) is 26.8 Å². The van der Waals surface area contributed by atoms with Crippen LogP contribution in [0.5, 0.6) is 0 Å². The lowest BCUT2D eigenvalue weighted by Crippen LogP contribution is -2.72. The summed E-state index contributed by atoms with van der Waals surface area (Å²) in [5.74, 6) is -3.36. The Morgan fingerprint density at radius 1 is 0.702 bits per heavy atom. The summed E-state index contributed by atoms with van der Waals surface area (Å²) in [5.41, 5.74) is -4.12. The lowest BCUT2D eigenvalue weighted by atomic mass is 9.33. The molecule has 4 aliphatic heterocycles. The third-order valence-electron chi connectivity index (χ3n) is 22.3. The fraction of sp³-hybridized carbons (Fsp3) is 0.879. The molecular formula is C58H90O26. The Hall–Kier alpha value is -2.75. The molecule has 14 N–H and O–H groups in total. The average Bonchev–Trinajstić information content (AvgIpc) is 0.683. The molecule has 5 aliphatic carbocycles. The van der Waals surface area contributed by atoms with Crippen LogP contribution in [0.15, 0.2) is 23.3 Å². The maximum atomic E-state index is 14.1. The van der Waals surface area contributed by atoms with Gasteiger partial charge in [-0.2, -0.15) is 0 Å². The Bertz CT molecular complexity index is 2440. The molecule has 26 heteroatoms. The van der Waals surface area contributed by atoms with Crippen LogP contribution in [0.1, 0.15) is 100 Å². The number of fused-ring (bicyclic) bond motifs is 7. The van der Waals surface area contributed by atoms with E-state index < -0.39 is 224 Å². The van der Waals surface area contributed by atoms with E-state index in [-0.39, 0.29) is 18.8 Å². The van der Waals surface area contributed by atoms with Gasteiger partial charge in [-0.1, -0.05) is 59.3 Å². The zero-order chi connectivity index (χ0) is 61.7. The largest absolute Gasteiger partial charge is 0.479 e. The van der Waals surface area contributed by atoms with Crippen molar-refractivity contribution in [1.82, 2.24) is 0 Å². The molecule has 0 aromatic heterocycles. The number of carbonyl (C=O) groups excluding carboxylic acids is 2. The summed E-state index contributed by atoms with van der Waals surface area (Å²) in [6.07, 6.45) is -30.0. The number of ether oxygens (including phenoxy) is 9. The van der Waals surface area contributed by atoms with E-state index in [1.165, 1.54) is 0 Å². The van der Waals surface area contributed by atoms with Crippen LogP contribution in [0.2, 0.25) is 0 Å². The number of aldehydes is 1. The van der Waals surface area contributed by atoms with E-state index in [0.29, 0.717) is 37.7 Å². The van der Waals surface area contributed by atoms with Crippen molar-refractivity contribution in [3.8, 4) is 0 Å². The summed E-state index contributed by atoms with van der Waals surface area (Å²) in [7, 11) is 0. The first-order chi connectivity index (χ1) is 39.4. The van der Waals surface area contributed by atoms with Crippen LogP contribution in [0.3, 0.4) is 0 Å². The van der Waals surface area contributed by atoms with E-state index in [9.17, 15) is 85.9 Å². The number of rotatable bonds is 15. The van der Waals surface area contributed by atoms with Crippen molar-refractivity contribution in [2.45, 2.75) is 235 Å². The topological polar surface area (TPSA) is 418 Å². The average molecular weight is 1200 g/mol. The molecule has 0 aromatic carbocycles. The normalized spacial score (nSPS) is 52.1. The number of allylic oxidation sites excluding steroid dienone is 3. The van der Waals surface area contributed by atoms with Gasteiger partial charge in [0.05, 0.1) is 56.1 Å². The van der Waals surface area contributed by atoms with Crippen LogP contribution in [-0.4, -0.2) is 258 Å². The van der Waals surface area contributed by atoms with Gasteiger partial charge in [-0.05, 0) is 92.8 Å². The molecular weight excluding hydrogens is 1110 g/mol. The van der Waals surface area contributed by atoms with Crippen molar-refractivity contribution in [3.05, 3.63) is 23.3 Å². The van der Waals surface area contributed by atoms with Gasteiger partial charge >= 0.3 is 11.9 Å². The fourth-order valence-electron chi connectivity index (χ4n) is 16.9. The molecule has 4 saturated carbocycles. The lowest BCUT2D eigenvalue weighted by Gasteiger charge is -2.72. The number of carboxylic acids is 1. The standard InChI is InChI=1S/C58H90O26/c1-9-24(2)49(75)84-47-46(72)58(23-61)26(16-53(47,3)4)25-10-11-32-54(5)14-13-34(55(6,22-60)31(54)12-15-56(32,7)57(25,8)17-33(58)64)80-52-45(83-51-40(70)38(68)37(67)29(18-59)79-51)43(41(71)44(82-52)48(73)74)77-21-30-42(36(66)28(63)19-76-30)81-50-39(69)35(65)27(62)20-78-50/h9-10,22,26-47,50-52,59,61-72H,11-21,23H2,1-8H3,(H,73,74)/b24-9+/t26?,27-,28+,29-,30-,31?,32?,33-,34?,35+,36+,37+,38+,39-,40-,41+,42+,43+,44+,45-,46+,47+,50+,51-,52-,54+,55+,56-,57-,58+/m1/s1. The second-order valence-corrected chi connectivity index (χ2v) is 27.1. The quantitative estimate of drug-likeness (QED) is 0.0264. The number of aliphatic hydroxyl groups is 13. The van der Waals surface area contributed by atoms with Gasteiger partial charge in [0, 0.05) is 11.0 Å². The molecule has 0 radical (unpaired) electrons. The molecule has 30 atom stereocenters. The second kappa shape index (κ2) is 24.2. The van der Waals surface area contributed by atoms with Crippen molar-refractivity contribution in [1.29, 1.82) is 0 Å². The first-order valence-electron chi connectivity index (χ1n) is 29.4. The zero-order valence-corrected chi connectivity index (χ0v) is 48.8. The smallest absolute Gasteiger partial charge is 0.335 e. The third-order valence-corrected chi connectivity index (χ3v) is 22.3. The number of aliphatic carboxylic acids is 1. The summed E-state index contributed by atoms with van der Waals surface area (Å²) in [6.45, 7) is 12.2. The minimum absolute atomic E-state index is 0.123. The van der Waals surface area contributed by atoms with Crippen LogP contribution in [0.25, 0.3) is 0 Å². The highest BCUT2D eigenvalue weighted by atomic mass is 16.8. The Kier molecular flexibility index (Phi) is 18.9. The van der Waals surface area contributed by atoms with Gasteiger partial charge in [-0.3, -0.25) is 0 Å². The SMILES string of the molecule is C/C=C(\C)C(=O)O[C@H]1[C@H](O)[C@@]2(CO)C(CC1(C)C)C1=CCC3[C@@]4(C)CCC(O[C@@H]5O[C@H](C(=O)O)[C@@H](O)[C@H](OC[C@H]6OC[C@H](O)[C@H](O)[C@H]6O[C@@H]6OC[C@@H](O)[C@H](O)[C@H]6O)[C@H]5O[C@H]5O[C@H](CO)[C@H](O)[C@H](O)[C@H]5O)[C@@](C)(C=O)C4CC[C@@]3(C)[C@]1(C)C[C@H]2O. The van der Waals surface area contributed by atoms with Gasteiger partial charge in [0.1, 0.15) is 104 Å². The number of carbonyl (C=O) groups is 3. The highest BCUT2D eigenvalue weighted by molar-refractivity contribution is 5.87. The van der Waals surface area contributed by atoms with Crippen molar-refractivity contribution < 1.29 is 129 Å². The maximum absolute atomic E-state index is 14.1. The van der Waals surface area contributed by atoms with Gasteiger partial charge in [-0.25, -0.2) is 9.59 Å². The van der Waals surface area contributed by atoms with Crippen molar-refractivity contribution in [3.63, 3.8) is 0 Å². The monoisotopic (exact) mass is 1200 g/mol. The van der Waals surface area contributed by atoms with E-state index in [4.69, 9.17) is 42.6 Å². The van der Waals surface area contributed by atoms with E-state index >= 15 is 0 Å². The van der Waals surface area contributed by atoms with Gasteiger partial charge < -0.3 is 119 Å². The van der Waals surface area contributed by atoms with Crippen LogP contribution >= 0.6 is 0 Å². The highest BCUT2D eigenvalue weighted by Crippen LogP contribution is 2.76. The molecule has 0 bridgehead atoms. The highest BCUT2D eigenvalue weighted by Gasteiger charge is 2.73. The zero-order valence-electron chi connectivity index (χ0n) is 48.8. The number of hydrogen-bond acceptors (Lipinski definition) is 25. The molecule has 4 heterocycles. The molecule has 8 fully saturated rings. The van der Waals surface area contributed by atoms with Crippen LogP contribution in [0.4, 0.5) is 0 Å². The number of aliphatic hydroxyl groups excluding tert-OH is 13. The van der Waals surface area contributed by atoms with Crippen LogP contribution in [0, 0.1) is 50.2 Å². The van der Waals surface area contributed by atoms with E-state index in [0.717, 1.165) is 11.9 Å². The van der Waals surface area contributed by atoms with Crippen molar-refractivity contribution in [2.75, 3.05) is 33.0 Å². The molecule has 4 unspecified atom stereocenters. The number of hydrogen-bond donors (Lipinski definition) is 14. The number of carboxylic acid groups (broad SMARTS) is 1. The molecule has 0 spiro atoms. The van der Waals surface area contributed by atoms with Gasteiger partial charge in [0.15, 0.2) is 25.0 Å². The van der Waals surface area contributed by atoms with Gasteiger partial charge in [-0.15, -0.1) is 0 Å². The molecule has 9 rings (SSSR count). The molecule has 0 amide bonds. The number of esters is 1.